The van der Waals surface area contributed by atoms with Crippen molar-refractivity contribution in [1.29, 1.82) is 0 Å². The fraction of sp³-hybridized carbons (Fsp3) is 0.263. The van der Waals surface area contributed by atoms with Crippen molar-refractivity contribution in [2.45, 2.75) is 26.0 Å². The molecule has 5 heteroatoms. The highest BCUT2D eigenvalue weighted by Gasteiger charge is 2.23. The van der Waals surface area contributed by atoms with E-state index in [-0.39, 0.29) is 27.0 Å². The molecule has 0 aliphatic carbocycles. The summed E-state index contributed by atoms with van der Waals surface area (Å²) in [6.45, 7) is 0.442. The van der Waals surface area contributed by atoms with E-state index < -0.39 is 6.10 Å². The molecule has 0 radical (unpaired) electrons. The van der Waals surface area contributed by atoms with Crippen LogP contribution in [0.15, 0.2) is 60.8 Å². The van der Waals surface area contributed by atoms with E-state index in [9.17, 15) is 5.11 Å². The summed E-state index contributed by atoms with van der Waals surface area (Å²) in [4.78, 5) is 0. The number of benzene rings is 2. The standard InChI is InChI=1S/C18H19ClN2O.CH4.H2S/c19-15-6-3-5-14(12-15)18(17(22)8-10-20)21-11-9-13-4-1-2-7-16(13)21;;/h1-7,9,11-12,17-18,22H,8,10,20H2;1H4;1H2/t17-,18+;;/m1../s1. The molecular weight excluding hydrogens is 340 g/mol. The first-order valence-corrected chi connectivity index (χ1v) is 7.77. The van der Waals surface area contributed by atoms with Gasteiger partial charge in [-0.1, -0.05) is 49.4 Å². The number of fused-ring (bicyclic) bond motifs is 1. The van der Waals surface area contributed by atoms with Crippen molar-refractivity contribution in [3.63, 3.8) is 0 Å². The minimum atomic E-state index is -0.570. The smallest absolute Gasteiger partial charge is 0.0846 e. The van der Waals surface area contributed by atoms with Gasteiger partial charge in [-0.25, -0.2) is 0 Å². The monoisotopic (exact) mass is 364 g/mol. The lowest BCUT2D eigenvalue weighted by molar-refractivity contribution is 0.125. The molecule has 3 rings (SSSR count). The van der Waals surface area contributed by atoms with E-state index in [2.05, 4.69) is 22.8 Å². The van der Waals surface area contributed by atoms with Gasteiger partial charge in [0.05, 0.1) is 12.1 Å². The minimum Gasteiger partial charge on any atom is -0.391 e. The fourth-order valence-corrected chi connectivity index (χ4v) is 3.13. The van der Waals surface area contributed by atoms with Crippen molar-refractivity contribution in [1.82, 2.24) is 4.57 Å². The summed E-state index contributed by atoms with van der Waals surface area (Å²) in [7, 11) is 0. The highest BCUT2D eigenvalue weighted by molar-refractivity contribution is 7.59. The van der Waals surface area contributed by atoms with Crippen LogP contribution in [0.25, 0.3) is 10.9 Å². The van der Waals surface area contributed by atoms with Crippen molar-refractivity contribution in [3.05, 3.63) is 71.4 Å². The van der Waals surface area contributed by atoms with Gasteiger partial charge in [-0.05, 0) is 48.2 Å². The third-order valence-corrected chi connectivity index (χ3v) is 4.18. The Morgan fingerprint density at radius 2 is 1.83 bits per heavy atom. The number of hydrogen-bond acceptors (Lipinski definition) is 2. The predicted octanol–water partition coefficient (Wildman–Crippen LogP) is 4.34. The molecule has 0 saturated carbocycles. The van der Waals surface area contributed by atoms with Crippen LogP contribution in [0.3, 0.4) is 0 Å². The second-order valence-corrected chi connectivity index (χ2v) is 5.86. The quantitative estimate of drug-likeness (QED) is 0.707. The molecule has 0 amide bonds. The molecule has 3 nitrogen and oxygen atoms in total. The number of aliphatic hydroxyl groups is 1. The number of para-hydroxylation sites is 1. The normalized spacial score (nSPS) is 13.0. The van der Waals surface area contributed by atoms with Gasteiger partial charge in [0.2, 0.25) is 0 Å². The largest absolute Gasteiger partial charge is 0.391 e. The molecule has 1 heterocycles. The van der Waals surface area contributed by atoms with Crippen LogP contribution in [0.2, 0.25) is 5.02 Å². The van der Waals surface area contributed by atoms with Gasteiger partial charge in [-0.3, -0.25) is 0 Å². The average molecular weight is 365 g/mol. The van der Waals surface area contributed by atoms with Crippen LogP contribution in [-0.4, -0.2) is 22.3 Å². The molecule has 0 aliphatic heterocycles. The van der Waals surface area contributed by atoms with Crippen LogP contribution >= 0.6 is 25.1 Å². The van der Waals surface area contributed by atoms with Gasteiger partial charge in [-0.2, -0.15) is 13.5 Å². The van der Waals surface area contributed by atoms with Crippen LogP contribution in [0.4, 0.5) is 0 Å². The Morgan fingerprint density at radius 1 is 1.08 bits per heavy atom. The summed E-state index contributed by atoms with van der Waals surface area (Å²) in [6.07, 6.45) is 1.97. The van der Waals surface area contributed by atoms with Gasteiger partial charge in [0, 0.05) is 16.7 Å². The maximum atomic E-state index is 10.6. The Balaban J connectivity index is 0.00000144. The van der Waals surface area contributed by atoms with E-state index >= 15 is 0 Å². The minimum absolute atomic E-state index is 0. The Kier molecular flexibility index (Phi) is 7.84. The summed E-state index contributed by atoms with van der Waals surface area (Å²) >= 11 is 6.13. The molecule has 2 atom stereocenters. The van der Waals surface area contributed by atoms with Crippen molar-refractivity contribution < 1.29 is 5.11 Å². The van der Waals surface area contributed by atoms with E-state index in [4.69, 9.17) is 17.3 Å². The number of aliphatic hydroxyl groups excluding tert-OH is 1. The maximum absolute atomic E-state index is 10.6. The molecule has 0 spiro atoms. The molecule has 0 fully saturated rings. The maximum Gasteiger partial charge on any atom is 0.0846 e. The van der Waals surface area contributed by atoms with Gasteiger partial charge < -0.3 is 15.4 Å². The first-order valence-electron chi connectivity index (χ1n) is 7.40. The third kappa shape index (κ3) is 4.14. The van der Waals surface area contributed by atoms with Gasteiger partial charge in [0.1, 0.15) is 0 Å². The lowest BCUT2D eigenvalue weighted by Gasteiger charge is -2.26. The van der Waals surface area contributed by atoms with Crippen LogP contribution in [0.1, 0.15) is 25.5 Å². The van der Waals surface area contributed by atoms with Crippen LogP contribution in [-0.2, 0) is 0 Å². The highest BCUT2D eigenvalue weighted by atomic mass is 35.5. The number of nitrogens with two attached hydrogens (primary N) is 1. The topological polar surface area (TPSA) is 51.2 Å². The number of halogens is 1. The molecule has 0 aliphatic rings. The molecule has 1 aromatic heterocycles. The van der Waals surface area contributed by atoms with E-state index in [1.165, 1.54) is 0 Å². The molecule has 130 valence electrons. The lowest BCUT2D eigenvalue weighted by Crippen LogP contribution is -2.27. The Hall–Kier alpha value is -1.46. The predicted molar refractivity (Wildman–Crippen MR) is 108 cm³/mol. The van der Waals surface area contributed by atoms with Gasteiger partial charge in [0.25, 0.3) is 0 Å². The summed E-state index contributed by atoms with van der Waals surface area (Å²) in [5, 5.41) is 12.5. The molecule has 3 aromatic rings. The zero-order valence-corrected chi connectivity index (χ0v) is 14.4. The average Bonchev–Trinajstić information content (AvgIpc) is 2.92. The summed E-state index contributed by atoms with van der Waals surface area (Å²) < 4.78 is 2.10. The number of hydrogen-bond donors (Lipinski definition) is 2. The zero-order valence-electron chi connectivity index (χ0n) is 12.7. The molecule has 0 unspecified atom stereocenters. The fourth-order valence-electron chi connectivity index (χ4n) is 2.93. The first-order chi connectivity index (χ1) is 10.7. The Bertz CT molecular complexity index is 775. The number of aromatic nitrogens is 1. The van der Waals surface area contributed by atoms with E-state index in [0.717, 1.165) is 16.5 Å². The molecular formula is C19H25ClN2OS. The van der Waals surface area contributed by atoms with Gasteiger partial charge in [-0.15, -0.1) is 0 Å². The summed E-state index contributed by atoms with van der Waals surface area (Å²) in [5.41, 5.74) is 7.71. The van der Waals surface area contributed by atoms with Crippen molar-refractivity contribution in [2.24, 2.45) is 5.73 Å². The number of nitrogens with zero attached hydrogens (tertiary/aromatic N) is 1. The van der Waals surface area contributed by atoms with E-state index in [0.29, 0.717) is 18.0 Å². The molecule has 24 heavy (non-hydrogen) atoms. The lowest BCUT2D eigenvalue weighted by atomic mass is 9.98. The summed E-state index contributed by atoms with van der Waals surface area (Å²) in [5.74, 6) is 0. The van der Waals surface area contributed by atoms with Crippen LogP contribution in [0.5, 0.6) is 0 Å². The van der Waals surface area contributed by atoms with E-state index in [1.54, 1.807) is 0 Å². The van der Waals surface area contributed by atoms with Crippen LogP contribution in [0, 0.1) is 0 Å². The van der Waals surface area contributed by atoms with E-state index in [1.807, 2.05) is 42.6 Å². The first kappa shape index (κ1) is 20.6. The molecule has 2 aromatic carbocycles. The molecule has 3 N–H and O–H groups in total. The Labute approximate surface area is 155 Å². The van der Waals surface area contributed by atoms with Crippen molar-refractivity contribution in [3.8, 4) is 0 Å². The highest BCUT2D eigenvalue weighted by Crippen LogP contribution is 2.30. The second kappa shape index (κ2) is 9.14. The second-order valence-electron chi connectivity index (χ2n) is 5.43. The van der Waals surface area contributed by atoms with Gasteiger partial charge >= 0.3 is 0 Å². The molecule has 0 saturated heterocycles. The SMILES string of the molecule is C.NCC[C@@H](O)[C@H](c1cccc(Cl)c1)n1ccc2ccccc21.S. The molecule has 0 bridgehead atoms. The van der Waals surface area contributed by atoms with Crippen molar-refractivity contribution in [2.75, 3.05) is 6.54 Å². The van der Waals surface area contributed by atoms with Gasteiger partial charge in [0.15, 0.2) is 0 Å². The van der Waals surface area contributed by atoms with Crippen LogP contribution < -0.4 is 5.73 Å². The number of rotatable bonds is 5. The third-order valence-electron chi connectivity index (χ3n) is 3.95. The zero-order chi connectivity index (χ0) is 15.5. The Morgan fingerprint density at radius 3 is 2.54 bits per heavy atom. The summed E-state index contributed by atoms with van der Waals surface area (Å²) in [6, 6.07) is 17.6. The van der Waals surface area contributed by atoms with Crippen molar-refractivity contribution >= 4 is 36.0 Å².